The number of benzene rings is 1. The number of para-hydroxylation sites is 1. The molecule has 1 aliphatic carbocycles. The van der Waals surface area contributed by atoms with E-state index < -0.39 is 16.2 Å². The van der Waals surface area contributed by atoms with Crippen LogP contribution in [0.2, 0.25) is 0 Å². The molecule has 2 N–H and O–H groups in total. The molecule has 0 aliphatic heterocycles. The Balaban J connectivity index is 2.20. The number of rotatable bonds is 5. The predicted octanol–water partition coefficient (Wildman–Crippen LogP) is 0.882. The summed E-state index contributed by atoms with van der Waals surface area (Å²) in [4.78, 5) is 11.5. The zero-order chi connectivity index (χ0) is 13.2. The molecular weight excluding hydrogens is 256 g/mol. The van der Waals surface area contributed by atoms with Gasteiger partial charge in [-0.1, -0.05) is 12.1 Å². The third-order valence-corrected chi connectivity index (χ3v) is 3.61. The van der Waals surface area contributed by atoms with Gasteiger partial charge in [0.1, 0.15) is 0 Å². The minimum atomic E-state index is -3.64. The van der Waals surface area contributed by atoms with Crippen LogP contribution in [0.25, 0.3) is 0 Å². The number of esters is 1. The first-order valence-corrected chi connectivity index (χ1v) is 6.97. The van der Waals surface area contributed by atoms with E-state index in [-0.39, 0.29) is 17.3 Å². The maximum atomic E-state index is 11.7. The maximum Gasteiger partial charge on any atom is 0.339 e. The average molecular weight is 270 g/mol. The molecule has 0 bridgehead atoms. The lowest BCUT2D eigenvalue weighted by Crippen LogP contribution is -2.32. The zero-order valence-corrected chi connectivity index (χ0v) is 10.7. The first-order valence-electron chi connectivity index (χ1n) is 5.49. The van der Waals surface area contributed by atoms with Crippen LogP contribution in [0.15, 0.2) is 24.3 Å². The van der Waals surface area contributed by atoms with Gasteiger partial charge in [0.15, 0.2) is 0 Å². The number of carbonyl (C=O) groups is 1. The largest absolute Gasteiger partial charge is 0.465 e. The number of ether oxygens (including phenoxy) is 1. The van der Waals surface area contributed by atoms with E-state index in [0.717, 1.165) is 12.8 Å². The zero-order valence-electron chi connectivity index (χ0n) is 9.84. The third-order valence-electron chi connectivity index (χ3n) is 2.48. The topological polar surface area (TPSA) is 84.5 Å². The SMILES string of the molecule is COC(=O)c1ccccc1NS(=O)(=O)NC1CC1. The van der Waals surface area contributed by atoms with Crippen molar-refractivity contribution in [2.75, 3.05) is 11.8 Å². The first kappa shape index (κ1) is 12.8. The summed E-state index contributed by atoms with van der Waals surface area (Å²) in [6, 6.07) is 6.30. The Morgan fingerprint density at radius 3 is 2.61 bits per heavy atom. The highest BCUT2D eigenvalue weighted by Crippen LogP contribution is 2.21. The molecule has 98 valence electrons. The quantitative estimate of drug-likeness (QED) is 0.778. The fourth-order valence-electron chi connectivity index (χ4n) is 1.45. The molecule has 1 aromatic carbocycles. The summed E-state index contributed by atoms with van der Waals surface area (Å²) in [6.07, 6.45) is 1.69. The number of hydrogen-bond acceptors (Lipinski definition) is 4. The Bertz CT molecular complexity index is 552. The van der Waals surface area contributed by atoms with Crippen molar-refractivity contribution in [3.8, 4) is 0 Å². The van der Waals surface area contributed by atoms with Gasteiger partial charge in [0, 0.05) is 6.04 Å². The molecule has 0 heterocycles. The van der Waals surface area contributed by atoms with Crippen molar-refractivity contribution in [2.45, 2.75) is 18.9 Å². The van der Waals surface area contributed by atoms with Crippen LogP contribution in [-0.2, 0) is 14.9 Å². The number of anilines is 1. The van der Waals surface area contributed by atoms with Crippen LogP contribution < -0.4 is 9.44 Å². The number of nitrogens with one attached hydrogen (secondary N) is 2. The molecule has 7 heteroatoms. The molecule has 6 nitrogen and oxygen atoms in total. The molecule has 0 amide bonds. The van der Waals surface area contributed by atoms with Crippen molar-refractivity contribution in [3.63, 3.8) is 0 Å². The van der Waals surface area contributed by atoms with E-state index in [1.807, 2.05) is 0 Å². The lowest BCUT2D eigenvalue weighted by Gasteiger charge is -2.11. The summed E-state index contributed by atoms with van der Waals surface area (Å²) in [7, 11) is -2.40. The van der Waals surface area contributed by atoms with Gasteiger partial charge in [0.05, 0.1) is 18.4 Å². The molecule has 2 rings (SSSR count). The monoisotopic (exact) mass is 270 g/mol. The van der Waals surface area contributed by atoms with Crippen molar-refractivity contribution in [1.29, 1.82) is 0 Å². The van der Waals surface area contributed by atoms with Gasteiger partial charge in [-0.05, 0) is 25.0 Å². The Hall–Kier alpha value is -1.60. The van der Waals surface area contributed by atoms with Gasteiger partial charge in [-0.3, -0.25) is 4.72 Å². The van der Waals surface area contributed by atoms with Crippen molar-refractivity contribution in [2.24, 2.45) is 0 Å². The van der Waals surface area contributed by atoms with Gasteiger partial charge >= 0.3 is 5.97 Å². The van der Waals surface area contributed by atoms with Crippen molar-refractivity contribution >= 4 is 21.9 Å². The standard InChI is InChI=1S/C11H14N2O4S/c1-17-11(14)9-4-2-3-5-10(9)13-18(15,16)12-8-6-7-8/h2-5,8,12-13H,6-7H2,1H3. The average Bonchev–Trinajstić information content (AvgIpc) is 3.11. The van der Waals surface area contributed by atoms with Gasteiger partial charge in [0.2, 0.25) is 0 Å². The second-order valence-electron chi connectivity index (χ2n) is 4.03. The van der Waals surface area contributed by atoms with Crippen LogP contribution in [0, 0.1) is 0 Å². The van der Waals surface area contributed by atoms with Crippen LogP contribution in [-0.4, -0.2) is 27.5 Å². The summed E-state index contributed by atoms with van der Waals surface area (Å²) in [6.45, 7) is 0. The molecule has 0 saturated heterocycles. The first-order chi connectivity index (χ1) is 8.52. The van der Waals surface area contributed by atoms with Crippen LogP contribution in [0.3, 0.4) is 0 Å². The van der Waals surface area contributed by atoms with Crippen LogP contribution in [0.1, 0.15) is 23.2 Å². The highest BCUT2D eigenvalue weighted by molar-refractivity contribution is 7.90. The highest BCUT2D eigenvalue weighted by atomic mass is 32.2. The van der Waals surface area contributed by atoms with E-state index in [1.165, 1.54) is 19.2 Å². The Kier molecular flexibility index (Phi) is 3.53. The fourth-order valence-corrected chi connectivity index (χ4v) is 2.66. The molecule has 0 spiro atoms. The summed E-state index contributed by atoms with van der Waals surface area (Å²) >= 11 is 0. The number of hydrogen-bond donors (Lipinski definition) is 2. The molecule has 0 unspecified atom stereocenters. The van der Waals surface area contributed by atoms with E-state index in [2.05, 4.69) is 14.2 Å². The van der Waals surface area contributed by atoms with Crippen LogP contribution >= 0.6 is 0 Å². The molecule has 0 radical (unpaired) electrons. The van der Waals surface area contributed by atoms with E-state index >= 15 is 0 Å². The van der Waals surface area contributed by atoms with Crippen LogP contribution in [0.5, 0.6) is 0 Å². The van der Waals surface area contributed by atoms with Gasteiger partial charge in [-0.25, -0.2) is 4.79 Å². The second-order valence-corrected chi connectivity index (χ2v) is 5.48. The minimum absolute atomic E-state index is 0.00721. The van der Waals surface area contributed by atoms with Crippen LogP contribution in [0.4, 0.5) is 5.69 Å². The summed E-state index contributed by atoms with van der Waals surface area (Å²) in [5.41, 5.74) is 0.388. The van der Waals surface area contributed by atoms with Gasteiger partial charge < -0.3 is 4.74 Å². The predicted molar refractivity (Wildman–Crippen MR) is 66.5 cm³/mol. The number of carbonyl (C=O) groups excluding carboxylic acids is 1. The van der Waals surface area contributed by atoms with Crippen molar-refractivity contribution in [3.05, 3.63) is 29.8 Å². The molecular formula is C11H14N2O4S. The fraction of sp³-hybridized carbons (Fsp3) is 0.364. The summed E-state index contributed by atoms with van der Waals surface area (Å²) < 4.78 is 32.9. The Labute approximate surface area is 106 Å². The van der Waals surface area contributed by atoms with E-state index in [4.69, 9.17) is 0 Å². The highest BCUT2D eigenvalue weighted by Gasteiger charge is 2.27. The van der Waals surface area contributed by atoms with E-state index in [9.17, 15) is 13.2 Å². The third kappa shape index (κ3) is 3.21. The summed E-state index contributed by atoms with van der Waals surface area (Å²) in [5.74, 6) is -0.584. The van der Waals surface area contributed by atoms with E-state index in [0.29, 0.717) is 0 Å². The Morgan fingerprint density at radius 1 is 1.33 bits per heavy atom. The molecule has 1 saturated carbocycles. The van der Waals surface area contributed by atoms with Gasteiger partial charge in [-0.2, -0.15) is 13.1 Å². The molecule has 0 atom stereocenters. The molecule has 1 aromatic rings. The van der Waals surface area contributed by atoms with Gasteiger partial charge in [-0.15, -0.1) is 0 Å². The van der Waals surface area contributed by atoms with Crippen molar-refractivity contribution < 1.29 is 17.9 Å². The molecule has 1 fully saturated rings. The van der Waals surface area contributed by atoms with E-state index in [1.54, 1.807) is 12.1 Å². The lowest BCUT2D eigenvalue weighted by molar-refractivity contribution is 0.0602. The molecule has 18 heavy (non-hydrogen) atoms. The van der Waals surface area contributed by atoms with Gasteiger partial charge in [0.25, 0.3) is 10.2 Å². The Morgan fingerprint density at radius 2 is 2.00 bits per heavy atom. The maximum absolute atomic E-state index is 11.7. The second kappa shape index (κ2) is 4.95. The summed E-state index contributed by atoms with van der Waals surface area (Å²) in [5, 5.41) is 0. The molecule has 1 aliphatic rings. The van der Waals surface area contributed by atoms with Crippen molar-refractivity contribution in [1.82, 2.24) is 4.72 Å². The number of methoxy groups -OCH3 is 1. The lowest BCUT2D eigenvalue weighted by atomic mass is 10.2. The molecule has 0 aromatic heterocycles. The normalized spacial score (nSPS) is 15.2. The minimum Gasteiger partial charge on any atom is -0.465 e. The smallest absolute Gasteiger partial charge is 0.339 e.